The summed E-state index contributed by atoms with van der Waals surface area (Å²) < 4.78 is 17.0. The van der Waals surface area contributed by atoms with E-state index in [4.69, 9.17) is 14.2 Å². The van der Waals surface area contributed by atoms with E-state index >= 15 is 0 Å². The molecular weight excluding hydrogens is 973 g/mol. The lowest BCUT2D eigenvalue weighted by Gasteiger charge is -2.18. The maximum absolute atomic E-state index is 12.9. The summed E-state index contributed by atoms with van der Waals surface area (Å²) in [5.41, 5.74) is 0. The largest absolute Gasteiger partial charge is 0.462 e. The van der Waals surface area contributed by atoms with Crippen LogP contribution in [0.2, 0.25) is 0 Å². The summed E-state index contributed by atoms with van der Waals surface area (Å²) in [5.74, 6) is -0.873. The molecular formula is C73H136O6. The van der Waals surface area contributed by atoms with Gasteiger partial charge in [0, 0.05) is 19.3 Å². The van der Waals surface area contributed by atoms with Crippen molar-refractivity contribution in [3.63, 3.8) is 0 Å². The smallest absolute Gasteiger partial charge is 0.306 e. The standard InChI is InChI=1S/C73H136O6/c1-4-7-10-13-16-19-22-25-28-30-31-32-33-34-35-36-37-38-39-40-41-42-43-46-48-51-54-57-60-63-66-72(75)78-69-70(68-77-71(74)65-62-59-56-53-50-47-44-27-24-21-18-15-12-9-6-3)79-73(76)67-64-61-58-55-52-49-45-29-26-23-20-17-14-11-8-5-2/h18,21,27,29,44-45,70H,4-17,19-20,22-26,28,30-43,46-69H2,1-3H3/b21-18-,44-27-,45-29-. The molecule has 0 aliphatic heterocycles. The number of rotatable bonds is 66. The van der Waals surface area contributed by atoms with Crippen LogP contribution >= 0.6 is 0 Å². The van der Waals surface area contributed by atoms with Gasteiger partial charge in [-0.2, -0.15) is 0 Å². The minimum atomic E-state index is -0.781. The van der Waals surface area contributed by atoms with Crippen LogP contribution in [-0.4, -0.2) is 37.2 Å². The Bertz CT molecular complexity index is 1320. The minimum Gasteiger partial charge on any atom is -0.462 e. The van der Waals surface area contributed by atoms with Crippen LogP contribution in [0.15, 0.2) is 36.5 Å². The molecule has 6 heteroatoms. The van der Waals surface area contributed by atoms with E-state index in [2.05, 4.69) is 57.2 Å². The third-order valence-electron chi connectivity index (χ3n) is 16.1. The second kappa shape index (κ2) is 68.1. The third-order valence-corrected chi connectivity index (χ3v) is 16.1. The number of esters is 3. The summed E-state index contributed by atoms with van der Waals surface area (Å²) in [7, 11) is 0. The Morgan fingerprint density at radius 2 is 0.456 bits per heavy atom. The summed E-state index contributed by atoms with van der Waals surface area (Å²) >= 11 is 0. The van der Waals surface area contributed by atoms with Gasteiger partial charge in [-0.05, 0) is 77.0 Å². The van der Waals surface area contributed by atoms with Crippen molar-refractivity contribution in [2.24, 2.45) is 0 Å². The third kappa shape index (κ3) is 66.3. The van der Waals surface area contributed by atoms with Crippen LogP contribution in [0.5, 0.6) is 0 Å². The van der Waals surface area contributed by atoms with Crippen LogP contribution in [0.1, 0.15) is 393 Å². The Morgan fingerprint density at radius 1 is 0.253 bits per heavy atom. The molecule has 464 valence electrons. The van der Waals surface area contributed by atoms with E-state index in [1.54, 1.807) is 0 Å². The highest BCUT2D eigenvalue weighted by Gasteiger charge is 2.19. The molecule has 0 aromatic heterocycles. The van der Waals surface area contributed by atoms with Gasteiger partial charge in [-0.15, -0.1) is 0 Å². The molecule has 1 atom stereocenters. The van der Waals surface area contributed by atoms with Gasteiger partial charge in [0.2, 0.25) is 0 Å². The van der Waals surface area contributed by atoms with Gasteiger partial charge in [-0.1, -0.05) is 333 Å². The Kier molecular flexibility index (Phi) is 66.1. The summed E-state index contributed by atoms with van der Waals surface area (Å²) in [4.78, 5) is 38.4. The lowest BCUT2D eigenvalue weighted by Crippen LogP contribution is -2.30. The van der Waals surface area contributed by atoms with Gasteiger partial charge in [-0.3, -0.25) is 14.4 Å². The van der Waals surface area contributed by atoms with Crippen molar-refractivity contribution in [2.75, 3.05) is 13.2 Å². The van der Waals surface area contributed by atoms with Crippen LogP contribution < -0.4 is 0 Å². The molecule has 0 radical (unpaired) electrons. The maximum atomic E-state index is 12.9. The van der Waals surface area contributed by atoms with Gasteiger partial charge in [0.15, 0.2) is 6.10 Å². The topological polar surface area (TPSA) is 78.9 Å². The lowest BCUT2D eigenvalue weighted by atomic mass is 10.0. The Hall–Kier alpha value is -2.37. The molecule has 0 aromatic rings. The first-order valence-electron chi connectivity index (χ1n) is 35.5. The first kappa shape index (κ1) is 76.6. The molecule has 0 saturated carbocycles. The zero-order valence-electron chi connectivity index (χ0n) is 53.4. The average Bonchev–Trinajstić information content (AvgIpc) is 3.45. The van der Waals surface area contributed by atoms with Gasteiger partial charge in [0.1, 0.15) is 13.2 Å². The monoisotopic (exact) mass is 1110 g/mol. The van der Waals surface area contributed by atoms with Crippen molar-refractivity contribution < 1.29 is 28.6 Å². The molecule has 0 aliphatic rings. The molecule has 0 amide bonds. The fraction of sp³-hybridized carbons (Fsp3) is 0.877. The second-order valence-corrected chi connectivity index (χ2v) is 24.1. The molecule has 0 N–H and O–H groups in total. The first-order chi connectivity index (χ1) is 39.0. The van der Waals surface area contributed by atoms with Gasteiger partial charge < -0.3 is 14.2 Å². The molecule has 0 spiro atoms. The fourth-order valence-electron chi connectivity index (χ4n) is 10.8. The molecule has 0 saturated heterocycles. The predicted octanol–water partition coefficient (Wildman–Crippen LogP) is 24.3. The van der Waals surface area contributed by atoms with E-state index < -0.39 is 6.10 Å². The minimum absolute atomic E-state index is 0.0758. The summed E-state index contributed by atoms with van der Waals surface area (Å²) in [6, 6.07) is 0. The number of ether oxygens (including phenoxy) is 3. The number of unbranched alkanes of at least 4 members (excludes halogenated alkanes) is 49. The SMILES string of the molecule is CCCCC/C=C\C/C=C\CCCCCCCC(=O)OCC(COC(=O)CCCCCCCCCCCCCCCCCCCCCCCCCCCCCCCC)OC(=O)CCCCCCC/C=C\CCCCCCCCC. The molecule has 0 aliphatic carbocycles. The number of hydrogen-bond donors (Lipinski definition) is 0. The highest BCUT2D eigenvalue weighted by Crippen LogP contribution is 2.19. The van der Waals surface area contributed by atoms with Crippen LogP contribution in [-0.2, 0) is 28.6 Å². The van der Waals surface area contributed by atoms with E-state index in [0.29, 0.717) is 19.3 Å². The number of hydrogen-bond acceptors (Lipinski definition) is 6. The fourth-order valence-corrected chi connectivity index (χ4v) is 10.8. The first-order valence-corrected chi connectivity index (χ1v) is 35.5. The van der Waals surface area contributed by atoms with Crippen molar-refractivity contribution in [3.8, 4) is 0 Å². The molecule has 6 nitrogen and oxygen atoms in total. The Labute approximate surface area is 493 Å². The zero-order valence-corrected chi connectivity index (χ0v) is 53.4. The zero-order chi connectivity index (χ0) is 57.1. The number of carbonyl (C=O) groups excluding carboxylic acids is 3. The number of carbonyl (C=O) groups is 3. The van der Waals surface area contributed by atoms with E-state index in [1.165, 1.54) is 270 Å². The summed E-state index contributed by atoms with van der Waals surface area (Å²) in [6.07, 6.45) is 84.7. The van der Waals surface area contributed by atoms with Crippen molar-refractivity contribution in [2.45, 2.75) is 399 Å². The van der Waals surface area contributed by atoms with E-state index in [0.717, 1.165) is 83.5 Å². The van der Waals surface area contributed by atoms with Crippen molar-refractivity contribution in [3.05, 3.63) is 36.5 Å². The van der Waals surface area contributed by atoms with Crippen LogP contribution in [0.25, 0.3) is 0 Å². The predicted molar refractivity (Wildman–Crippen MR) is 344 cm³/mol. The highest BCUT2D eigenvalue weighted by atomic mass is 16.6. The van der Waals surface area contributed by atoms with Crippen molar-refractivity contribution in [1.82, 2.24) is 0 Å². The Balaban J connectivity index is 4.17. The van der Waals surface area contributed by atoms with Crippen LogP contribution in [0.4, 0.5) is 0 Å². The van der Waals surface area contributed by atoms with E-state index in [-0.39, 0.29) is 31.1 Å². The van der Waals surface area contributed by atoms with Gasteiger partial charge in [0.25, 0.3) is 0 Å². The van der Waals surface area contributed by atoms with E-state index in [1.807, 2.05) is 0 Å². The van der Waals surface area contributed by atoms with Crippen LogP contribution in [0.3, 0.4) is 0 Å². The van der Waals surface area contributed by atoms with Gasteiger partial charge in [-0.25, -0.2) is 0 Å². The number of allylic oxidation sites excluding steroid dienone is 6. The van der Waals surface area contributed by atoms with Crippen molar-refractivity contribution >= 4 is 17.9 Å². The Morgan fingerprint density at radius 3 is 0.734 bits per heavy atom. The summed E-state index contributed by atoms with van der Waals surface area (Å²) in [6.45, 7) is 6.66. The molecule has 0 rings (SSSR count). The van der Waals surface area contributed by atoms with Crippen LogP contribution in [0, 0.1) is 0 Å². The average molecular weight is 1110 g/mol. The quantitative estimate of drug-likeness (QED) is 0.0261. The normalized spacial score (nSPS) is 12.2. The maximum Gasteiger partial charge on any atom is 0.306 e. The van der Waals surface area contributed by atoms with E-state index in [9.17, 15) is 14.4 Å². The molecule has 79 heavy (non-hydrogen) atoms. The molecule has 0 heterocycles. The molecule has 0 bridgehead atoms. The summed E-state index contributed by atoms with van der Waals surface area (Å²) in [5, 5.41) is 0. The van der Waals surface area contributed by atoms with Gasteiger partial charge in [0.05, 0.1) is 0 Å². The van der Waals surface area contributed by atoms with Crippen molar-refractivity contribution in [1.29, 1.82) is 0 Å². The molecule has 0 aromatic carbocycles. The molecule has 1 unspecified atom stereocenters. The second-order valence-electron chi connectivity index (χ2n) is 24.1. The lowest BCUT2D eigenvalue weighted by molar-refractivity contribution is -0.167. The highest BCUT2D eigenvalue weighted by molar-refractivity contribution is 5.71. The molecule has 0 fully saturated rings. The van der Waals surface area contributed by atoms with Gasteiger partial charge >= 0.3 is 17.9 Å².